The van der Waals surface area contributed by atoms with Gasteiger partial charge in [-0.1, -0.05) is 5.16 Å². The summed E-state index contributed by atoms with van der Waals surface area (Å²) in [7, 11) is 0. The summed E-state index contributed by atoms with van der Waals surface area (Å²) in [6.45, 7) is 2.15. The fourth-order valence-electron chi connectivity index (χ4n) is 3.38. The zero-order valence-electron chi connectivity index (χ0n) is 16.9. The Morgan fingerprint density at radius 2 is 1.59 bits per heavy atom. The first-order valence-corrected chi connectivity index (χ1v) is 10.0. The van der Waals surface area contributed by atoms with E-state index in [9.17, 15) is 18.4 Å². The van der Waals surface area contributed by atoms with E-state index >= 15 is 0 Å². The lowest BCUT2D eigenvalue weighted by molar-refractivity contribution is -0.165. The third kappa shape index (κ3) is 5.84. The number of aliphatic carboxylic acids is 2. The molecular formula is C20H23F2N3O7. The van der Waals surface area contributed by atoms with Gasteiger partial charge >= 0.3 is 11.9 Å². The smallest absolute Gasteiger partial charge is 0.335 e. The van der Waals surface area contributed by atoms with Gasteiger partial charge in [-0.15, -0.1) is 0 Å². The van der Waals surface area contributed by atoms with Crippen molar-refractivity contribution >= 4 is 11.9 Å². The van der Waals surface area contributed by atoms with Crippen molar-refractivity contribution in [3.8, 4) is 11.5 Å². The summed E-state index contributed by atoms with van der Waals surface area (Å²) >= 11 is 0. The molecule has 2 aliphatic rings. The summed E-state index contributed by atoms with van der Waals surface area (Å²) in [5, 5.41) is 36.6. The molecule has 1 aliphatic carbocycles. The number of rotatable bonds is 6. The molecule has 0 radical (unpaired) electrons. The molecule has 1 aromatic heterocycles. The maximum atomic E-state index is 13.3. The number of aliphatic hydroxyl groups is 2. The Bertz CT molecular complexity index is 940. The van der Waals surface area contributed by atoms with Crippen LogP contribution >= 0.6 is 0 Å². The van der Waals surface area contributed by atoms with Gasteiger partial charge in [-0.05, 0) is 57.0 Å². The Morgan fingerprint density at radius 1 is 1.00 bits per heavy atom. The highest BCUT2D eigenvalue weighted by Gasteiger charge is 2.33. The number of nitrogens with zero attached hydrogens (tertiary/aromatic N) is 3. The van der Waals surface area contributed by atoms with Crippen molar-refractivity contribution in [1.82, 2.24) is 15.0 Å². The number of aromatic nitrogens is 2. The van der Waals surface area contributed by atoms with Crippen molar-refractivity contribution in [1.29, 1.82) is 0 Å². The molecule has 10 nitrogen and oxygen atoms in total. The monoisotopic (exact) mass is 455 g/mol. The van der Waals surface area contributed by atoms with Crippen LogP contribution in [-0.2, 0) is 9.59 Å². The van der Waals surface area contributed by atoms with Gasteiger partial charge in [0.2, 0.25) is 0 Å². The lowest BCUT2D eigenvalue weighted by atomic mass is 9.96. The fourth-order valence-corrected chi connectivity index (χ4v) is 3.38. The number of carboxylic acids is 2. The van der Waals surface area contributed by atoms with Crippen LogP contribution in [0.3, 0.4) is 0 Å². The number of halogens is 2. The summed E-state index contributed by atoms with van der Waals surface area (Å²) < 4.78 is 31.5. The molecule has 4 N–H and O–H groups in total. The topological polar surface area (TPSA) is 157 Å². The number of carboxylic acid groups (broad SMARTS) is 2. The van der Waals surface area contributed by atoms with Gasteiger partial charge < -0.3 is 29.8 Å². The molecule has 0 spiro atoms. The lowest BCUT2D eigenvalue weighted by Gasteiger charge is -2.30. The predicted octanol–water partition coefficient (Wildman–Crippen LogP) is 1.23. The summed E-state index contributed by atoms with van der Waals surface area (Å²) in [4.78, 5) is 26.5. The second-order valence-corrected chi connectivity index (χ2v) is 7.69. The number of hydrogen-bond donors (Lipinski definition) is 4. The van der Waals surface area contributed by atoms with Gasteiger partial charge in [-0.25, -0.2) is 18.4 Å². The average molecular weight is 455 g/mol. The van der Waals surface area contributed by atoms with E-state index in [1.165, 1.54) is 18.9 Å². The van der Waals surface area contributed by atoms with Crippen LogP contribution in [-0.4, -0.2) is 78.7 Å². The third-order valence-electron chi connectivity index (χ3n) is 5.37. The highest BCUT2D eigenvalue weighted by Crippen LogP contribution is 2.34. The molecule has 2 heterocycles. The zero-order chi connectivity index (χ0) is 23.4. The normalized spacial score (nSPS) is 19.0. The maximum Gasteiger partial charge on any atom is 0.335 e. The molecule has 32 heavy (non-hydrogen) atoms. The van der Waals surface area contributed by atoms with Crippen molar-refractivity contribution in [2.75, 3.05) is 13.1 Å². The molecule has 2 fully saturated rings. The van der Waals surface area contributed by atoms with E-state index in [1.54, 1.807) is 0 Å². The number of piperidine rings is 1. The number of aliphatic hydroxyl groups excluding tert-OH is 2. The van der Waals surface area contributed by atoms with Crippen molar-refractivity contribution < 1.29 is 43.3 Å². The standard InChI is InChI=1S/C16H17F2N3O.C4H6O6/c17-13-4-1-11(9-14(13)18)16-19-15(20-22-16)10-5-7-21(8-6-10)12-2-3-12;5-1(3(7)8)2(6)4(9)10/h1,4,9-10,12H,2-3,5-8H2;1-2,5-6H,(H,7,8)(H,9,10). The van der Waals surface area contributed by atoms with Gasteiger partial charge in [0.1, 0.15) is 0 Å². The van der Waals surface area contributed by atoms with Crippen LogP contribution in [0.4, 0.5) is 8.78 Å². The number of hydrogen-bond acceptors (Lipinski definition) is 8. The minimum absolute atomic E-state index is 0.249. The highest BCUT2D eigenvalue weighted by atomic mass is 19.2. The van der Waals surface area contributed by atoms with Gasteiger partial charge in [-0.2, -0.15) is 4.98 Å². The summed E-state index contributed by atoms with van der Waals surface area (Å²) in [6, 6.07) is 4.40. The van der Waals surface area contributed by atoms with E-state index in [1.807, 2.05) is 0 Å². The number of benzene rings is 1. The molecule has 0 amide bonds. The van der Waals surface area contributed by atoms with Gasteiger partial charge in [0, 0.05) is 17.5 Å². The maximum absolute atomic E-state index is 13.3. The van der Waals surface area contributed by atoms with E-state index < -0.39 is 35.8 Å². The predicted molar refractivity (Wildman–Crippen MR) is 104 cm³/mol. The highest BCUT2D eigenvalue weighted by molar-refractivity contribution is 5.83. The quantitative estimate of drug-likeness (QED) is 0.499. The van der Waals surface area contributed by atoms with Crippen LogP contribution in [0.15, 0.2) is 22.7 Å². The molecule has 2 unspecified atom stereocenters. The summed E-state index contributed by atoms with van der Waals surface area (Å²) in [5.41, 5.74) is 0.410. The van der Waals surface area contributed by atoms with E-state index in [2.05, 4.69) is 15.0 Å². The first-order valence-electron chi connectivity index (χ1n) is 10.0. The van der Waals surface area contributed by atoms with Crippen molar-refractivity contribution in [3.05, 3.63) is 35.7 Å². The van der Waals surface area contributed by atoms with Crippen LogP contribution in [0, 0.1) is 11.6 Å². The minimum atomic E-state index is -2.27. The zero-order valence-corrected chi connectivity index (χ0v) is 16.9. The number of likely N-dealkylation sites (tertiary alicyclic amines) is 1. The molecule has 174 valence electrons. The first kappa shape index (κ1) is 23.7. The Balaban J connectivity index is 0.000000247. The molecule has 0 bridgehead atoms. The van der Waals surface area contributed by atoms with Crippen molar-refractivity contribution in [2.45, 2.75) is 49.9 Å². The van der Waals surface area contributed by atoms with Crippen LogP contribution in [0.2, 0.25) is 0 Å². The average Bonchev–Trinajstić information content (AvgIpc) is 3.51. The molecule has 1 aliphatic heterocycles. The summed E-state index contributed by atoms with van der Waals surface area (Å²) in [6.07, 6.45) is 0.163. The van der Waals surface area contributed by atoms with Gasteiger partial charge in [0.25, 0.3) is 5.89 Å². The van der Waals surface area contributed by atoms with E-state index in [4.69, 9.17) is 24.9 Å². The first-order chi connectivity index (χ1) is 15.2. The molecule has 12 heteroatoms. The SMILES string of the molecule is Fc1ccc(-c2nc(C3CCN(C4CC4)CC3)no2)cc1F.O=C(O)C(O)C(O)C(=O)O. The van der Waals surface area contributed by atoms with Gasteiger partial charge in [0.15, 0.2) is 29.7 Å². The fraction of sp³-hybridized carbons (Fsp3) is 0.500. The van der Waals surface area contributed by atoms with Gasteiger partial charge in [-0.3, -0.25) is 0 Å². The van der Waals surface area contributed by atoms with Gasteiger partial charge in [0.05, 0.1) is 0 Å². The molecule has 4 rings (SSSR count). The molecule has 2 atom stereocenters. The Labute approximate surface area is 181 Å². The van der Waals surface area contributed by atoms with Crippen LogP contribution in [0.1, 0.15) is 37.4 Å². The Hall–Kier alpha value is -2.96. The Morgan fingerprint density at radius 3 is 2.09 bits per heavy atom. The minimum Gasteiger partial charge on any atom is -0.479 e. The summed E-state index contributed by atoms with van der Waals surface area (Å²) in [5.74, 6) is -4.11. The van der Waals surface area contributed by atoms with Crippen molar-refractivity contribution in [3.63, 3.8) is 0 Å². The van der Waals surface area contributed by atoms with Crippen LogP contribution in [0.5, 0.6) is 0 Å². The van der Waals surface area contributed by atoms with Crippen LogP contribution < -0.4 is 0 Å². The van der Waals surface area contributed by atoms with E-state index in [0.717, 1.165) is 44.1 Å². The van der Waals surface area contributed by atoms with E-state index in [0.29, 0.717) is 11.4 Å². The largest absolute Gasteiger partial charge is 0.479 e. The lowest BCUT2D eigenvalue weighted by Crippen LogP contribution is -2.39. The van der Waals surface area contributed by atoms with Crippen molar-refractivity contribution in [2.24, 2.45) is 0 Å². The molecule has 1 aromatic carbocycles. The van der Waals surface area contributed by atoms with Crippen LogP contribution in [0.25, 0.3) is 11.5 Å². The number of carbonyl (C=O) groups is 2. The second kappa shape index (κ2) is 10.1. The van der Waals surface area contributed by atoms with E-state index in [-0.39, 0.29) is 11.8 Å². The second-order valence-electron chi connectivity index (χ2n) is 7.69. The molecular weight excluding hydrogens is 432 g/mol. The molecule has 2 aromatic rings. The Kier molecular flexibility index (Phi) is 7.48. The third-order valence-corrected chi connectivity index (χ3v) is 5.37. The molecule has 1 saturated heterocycles. The molecule has 1 saturated carbocycles.